The van der Waals surface area contributed by atoms with E-state index in [2.05, 4.69) is 66.6 Å². The van der Waals surface area contributed by atoms with Crippen LogP contribution in [0.4, 0.5) is 0 Å². The summed E-state index contributed by atoms with van der Waals surface area (Å²) in [6.07, 6.45) is 32.9. The molecule has 332 valence electrons. The molecule has 0 aromatic rings. The van der Waals surface area contributed by atoms with Gasteiger partial charge in [0.1, 0.15) is 30.5 Å². The summed E-state index contributed by atoms with van der Waals surface area (Å²) < 4.78 is 58.9. The van der Waals surface area contributed by atoms with Gasteiger partial charge in [-0.3, -0.25) is 9.35 Å². The zero-order valence-corrected chi connectivity index (χ0v) is 36.0. The van der Waals surface area contributed by atoms with Gasteiger partial charge in [0.2, 0.25) is 0 Å². The van der Waals surface area contributed by atoms with Crippen LogP contribution in [0.2, 0.25) is 0 Å². The summed E-state index contributed by atoms with van der Waals surface area (Å²) in [6.45, 7) is 3.82. The average molecular weight is 831 g/mol. The number of aliphatic hydroxyl groups excluding tert-OH is 3. The van der Waals surface area contributed by atoms with Gasteiger partial charge in [-0.15, -0.1) is 0 Å². The van der Waals surface area contributed by atoms with Crippen molar-refractivity contribution in [2.45, 2.75) is 198 Å². The Balaban J connectivity index is 2.45. The lowest BCUT2D eigenvalue weighted by atomic mass is 9.99. The van der Waals surface area contributed by atoms with Crippen LogP contribution >= 0.6 is 0 Å². The van der Waals surface area contributed by atoms with E-state index < -0.39 is 59.8 Å². The molecule has 0 aliphatic carbocycles. The van der Waals surface area contributed by atoms with Gasteiger partial charge >= 0.3 is 16.4 Å². The number of carbonyl (C=O) groups is 1. The predicted octanol–water partition coefficient (Wildman–Crippen LogP) is 8.80. The third kappa shape index (κ3) is 29.8. The number of ether oxygens (including phenoxy) is 4. The number of hydrogen-bond acceptors (Lipinski definition) is 11. The molecule has 0 aromatic heterocycles. The number of unbranched alkanes of at least 4 members (excludes halogenated alkanes) is 16. The van der Waals surface area contributed by atoms with Crippen molar-refractivity contribution in [2.75, 3.05) is 26.4 Å². The number of carbonyl (C=O) groups excluding carboxylic acids is 1. The second-order valence-electron chi connectivity index (χ2n) is 14.9. The third-order valence-electron chi connectivity index (χ3n) is 9.72. The summed E-state index contributed by atoms with van der Waals surface area (Å²) in [7, 11) is -5.06. The number of esters is 1. The molecule has 6 unspecified atom stereocenters. The lowest BCUT2D eigenvalue weighted by molar-refractivity contribution is -0.301. The maximum atomic E-state index is 12.8. The Kier molecular flexibility index (Phi) is 33.5. The van der Waals surface area contributed by atoms with E-state index in [1.807, 2.05) is 0 Å². The molecule has 0 bridgehead atoms. The second kappa shape index (κ2) is 36.0. The Morgan fingerprint density at radius 3 is 1.77 bits per heavy atom. The molecule has 6 atom stereocenters. The highest BCUT2D eigenvalue weighted by Crippen LogP contribution is 2.26. The Labute approximate surface area is 345 Å². The average Bonchev–Trinajstić information content (AvgIpc) is 3.18. The molecular weight excluding hydrogens is 753 g/mol. The molecule has 1 rings (SSSR count). The van der Waals surface area contributed by atoms with Crippen molar-refractivity contribution < 1.29 is 56.2 Å². The minimum Gasteiger partial charge on any atom is -0.457 e. The monoisotopic (exact) mass is 831 g/mol. The summed E-state index contributed by atoms with van der Waals surface area (Å²) in [5.41, 5.74) is 0. The lowest BCUT2D eigenvalue weighted by Gasteiger charge is -2.41. The SMILES string of the molecule is CC/C=C\C/C=C\C/C=C\C/C=C\CCCCCCCOCC(COC1OC(CO)C(O)C(OS(=O)(=O)O)C1O)OC(=O)CCCCCCCCCCCCCC. The minimum absolute atomic E-state index is 0.0236. The van der Waals surface area contributed by atoms with Crippen LogP contribution in [0.3, 0.4) is 0 Å². The van der Waals surface area contributed by atoms with Crippen LogP contribution in [0.15, 0.2) is 48.6 Å². The van der Waals surface area contributed by atoms with Crippen molar-refractivity contribution in [2.24, 2.45) is 0 Å². The van der Waals surface area contributed by atoms with Gasteiger partial charge in [0.05, 0.1) is 19.8 Å². The van der Waals surface area contributed by atoms with Gasteiger partial charge in [0, 0.05) is 13.0 Å². The third-order valence-corrected chi connectivity index (χ3v) is 10.2. The highest BCUT2D eigenvalue weighted by Gasteiger charge is 2.48. The smallest absolute Gasteiger partial charge is 0.397 e. The van der Waals surface area contributed by atoms with Crippen LogP contribution in [0.5, 0.6) is 0 Å². The van der Waals surface area contributed by atoms with Crippen LogP contribution < -0.4 is 0 Å². The summed E-state index contributed by atoms with van der Waals surface area (Å²) in [5, 5.41) is 30.6. The number of rotatable bonds is 37. The highest BCUT2D eigenvalue weighted by molar-refractivity contribution is 7.80. The first-order chi connectivity index (χ1) is 27.6. The first kappa shape index (κ1) is 53.1. The van der Waals surface area contributed by atoms with Gasteiger partial charge in [-0.1, -0.05) is 152 Å². The normalized spacial score (nSPS) is 21.1. The Morgan fingerprint density at radius 1 is 0.684 bits per heavy atom. The zero-order valence-electron chi connectivity index (χ0n) is 35.1. The van der Waals surface area contributed by atoms with E-state index in [-0.39, 0.29) is 19.6 Å². The maximum Gasteiger partial charge on any atom is 0.397 e. The summed E-state index contributed by atoms with van der Waals surface area (Å²) in [5.74, 6) is -0.408. The van der Waals surface area contributed by atoms with Gasteiger partial charge in [-0.2, -0.15) is 8.42 Å². The number of hydrogen-bond donors (Lipinski definition) is 4. The largest absolute Gasteiger partial charge is 0.457 e. The maximum absolute atomic E-state index is 12.8. The van der Waals surface area contributed by atoms with Crippen LogP contribution in [0, 0.1) is 0 Å². The van der Waals surface area contributed by atoms with Crippen molar-refractivity contribution >= 4 is 16.4 Å². The first-order valence-corrected chi connectivity index (χ1v) is 23.3. The van der Waals surface area contributed by atoms with Crippen LogP contribution in [-0.4, -0.2) is 97.5 Å². The molecule has 4 N–H and O–H groups in total. The van der Waals surface area contributed by atoms with Gasteiger partial charge in [0.15, 0.2) is 6.29 Å². The molecule has 1 saturated heterocycles. The van der Waals surface area contributed by atoms with Crippen LogP contribution in [-0.2, 0) is 38.3 Å². The quantitative estimate of drug-likeness (QED) is 0.0203. The van der Waals surface area contributed by atoms with E-state index in [1.165, 1.54) is 51.4 Å². The second-order valence-corrected chi connectivity index (χ2v) is 16.0. The van der Waals surface area contributed by atoms with E-state index in [9.17, 15) is 28.5 Å². The Hall–Kier alpha value is -1.94. The summed E-state index contributed by atoms with van der Waals surface area (Å²) >= 11 is 0. The lowest BCUT2D eigenvalue weighted by Crippen LogP contribution is -2.60. The van der Waals surface area contributed by atoms with Crippen LogP contribution in [0.1, 0.15) is 162 Å². The van der Waals surface area contributed by atoms with Gasteiger partial charge in [-0.05, 0) is 51.4 Å². The van der Waals surface area contributed by atoms with E-state index in [4.69, 9.17) is 23.5 Å². The first-order valence-electron chi connectivity index (χ1n) is 21.9. The van der Waals surface area contributed by atoms with Gasteiger partial charge < -0.3 is 34.3 Å². The van der Waals surface area contributed by atoms with Crippen molar-refractivity contribution in [1.82, 2.24) is 0 Å². The molecule has 57 heavy (non-hydrogen) atoms. The number of aliphatic hydroxyl groups is 3. The van der Waals surface area contributed by atoms with Crippen LogP contribution in [0.25, 0.3) is 0 Å². The molecular formula is C44H78O12S. The number of allylic oxidation sites excluding steroid dienone is 8. The summed E-state index contributed by atoms with van der Waals surface area (Å²) in [6, 6.07) is 0. The fourth-order valence-electron chi connectivity index (χ4n) is 6.43. The topological polar surface area (TPSA) is 178 Å². The fraction of sp³-hybridized carbons (Fsp3) is 0.795. The standard InChI is InChI=1S/C44H78O12S/c1-3-5-7-9-11-13-15-17-18-19-20-21-22-24-26-28-30-32-34-52-36-38(54-40(46)33-31-29-27-25-23-16-14-12-10-8-6-4-2)37-53-44-42(48)43(56-57(49,50)51)41(47)39(35-45)55-44/h5,7,11,13,17-18,20-21,38-39,41-45,47-48H,3-4,6,8-10,12,14-16,19,22-37H2,1-2H3,(H,49,50,51)/b7-5-,13-11-,18-17-,21-20-. The molecule has 1 aliphatic rings. The van der Waals surface area contributed by atoms with Gasteiger partial charge in [0.25, 0.3) is 0 Å². The van der Waals surface area contributed by atoms with E-state index in [0.29, 0.717) is 13.0 Å². The molecule has 12 nitrogen and oxygen atoms in total. The molecule has 0 amide bonds. The van der Waals surface area contributed by atoms with Crippen molar-refractivity contribution in [3.05, 3.63) is 48.6 Å². The Bertz CT molecular complexity index is 1190. The minimum atomic E-state index is -5.06. The summed E-state index contributed by atoms with van der Waals surface area (Å²) in [4.78, 5) is 12.8. The van der Waals surface area contributed by atoms with E-state index in [0.717, 1.165) is 83.5 Å². The molecule has 0 spiro atoms. The molecule has 0 saturated carbocycles. The van der Waals surface area contributed by atoms with E-state index >= 15 is 0 Å². The predicted molar refractivity (Wildman–Crippen MR) is 225 cm³/mol. The van der Waals surface area contributed by atoms with Crippen molar-refractivity contribution in [3.63, 3.8) is 0 Å². The van der Waals surface area contributed by atoms with Crippen molar-refractivity contribution in [3.8, 4) is 0 Å². The molecule has 1 heterocycles. The van der Waals surface area contributed by atoms with E-state index in [1.54, 1.807) is 0 Å². The molecule has 1 fully saturated rings. The molecule has 13 heteroatoms. The highest BCUT2D eigenvalue weighted by atomic mass is 32.3. The molecule has 1 aliphatic heterocycles. The molecule has 0 radical (unpaired) electrons. The van der Waals surface area contributed by atoms with Crippen molar-refractivity contribution in [1.29, 1.82) is 0 Å². The fourth-order valence-corrected chi connectivity index (χ4v) is 6.94. The zero-order chi connectivity index (χ0) is 41.8. The van der Waals surface area contributed by atoms with Gasteiger partial charge in [-0.25, -0.2) is 4.18 Å². The molecule has 0 aromatic carbocycles. The Morgan fingerprint density at radius 2 is 1.21 bits per heavy atom.